The highest BCUT2D eigenvalue weighted by molar-refractivity contribution is 5.80. The molecule has 0 N–H and O–H groups in total. The van der Waals surface area contributed by atoms with Crippen molar-refractivity contribution in [3.8, 4) is 0 Å². The second-order valence-corrected chi connectivity index (χ2v) is 3.88. The van der Waals surface area contributed by atoms with Crippen LogP contribution in [0.2, 0.25) is 0 Å². The zero-order chi connectivity index (χ0) is 10.8. The molecule has 1 saturated heterocycles. The molecule has 2 nitrogen and oxygen atoms in total. The van der Waals surface area contributed by atoms with E-state index in [9.17, 15) is 9.18 Å². The van der Waals surface area contributed by atoms with Crippen LogP contribution in [0.1, 0.15) is 17.9 Å². The molecule has 79 valence electrons. The molecule has 0 aliphatic carbocycles. The van der Waals surface area contributed by atoms with Crippen molar-refractivity contribution in [3.63, 3.8) is 0 Å². The predicted molar refractivity (Wildman–Crippen MR) is 55.7 cm³/mol. The number of halogens is 1. The molecule has 0 bridgehead atoms. The highest BCUT2D eigenvalue weighted by Crippen LogP contribution is 2.26. The summed E-state index contributed by atoms with van der Waals surface area (Å²) in [5.74, 6) is -0.0160. The molecule has 2 rings (SSSR count). The van der Waals surface area contributed by atoms with Gasteiger partial charge in [-0.2, -0.15) is 0 Å². The molecule has 0 spiro atoms. The minimum atomic E-state index is -0.221. The summed E-state index contributed by atoms with van der Waals surface area (Å²) in [5, 5.41) is 0. The minimum absolute atomic E-state index is 0.125. The van der Waals surface area contributed by atoms with Crippen LogP contribution < -0.4 is 0 Å². The van der Waals surface area contributed by atoms with E-state index >= 15 is 0 Å². The molecular formula is C12H13FNO. The highest BCUT2D eigenvalue weighted by Gasteiger charge is 2.25. The van der Waals surface area contributed by atoms with E-state index in [4.69, 9.17) is 0 Å². The fourth-order valence-electron chi connectivity index (χ4n) is 1.99. The maximum Gasteiger partial charge on any atom is 0.223 e. The van der Waals surface area contributed by atoms with Gasteiger partial charge in [-0.05, 0) is 24.1 Å². The standard InChI is InChI=1S/C12H13FNO/c1-9(15)14-7-6-11(8-14)10-2-4-12(13)5-3-10/h2-5,11H,1,6-8H2. The van der Waals surface area contributed by atoms with Gasteiger partial charge in [0.2, 0.25) is 5.91 Å². The van der Waals surface area contributed by atoms with Crippen molar-refractivity contribution in [2.75, 3.05) is 13.1 Å². The Labute approximate surface area is 88.7 Å². The van der Waals surface area contributed by atoms with Gasteiger partial charge in [0.1, 0.15) is 5.82 Å². The monoisotopic (exact) mass is 206 g/mol. The molecule has 1 aromatic carbocycles. The number of hydrogen-bond donors (Lipinski definition) is 0. The van der Waals surface area contributed by atoms with Crippen LogP contribution >= 0.6 is 0 Å². The summed E-state index contributed by atoms with van der Waals surface area (Å²) >= 11 is 0. The van der Waals surface area contributed by atoms with Gasteiger partial charge in [0, 0.05) is 25.9 Å². The smallest absolute Gasteiger partial charge is 0.223 e. The SMILES string of the molecule is [CH2]C(=O)N1CCC(c2ccc(F)cc2)C1. The Morgan fingerprint density at radius 3 is 2.60 bits per heavy atom. The molecule has 1 radical (unpaired) electrons. The van der Waals surface area contributed by atoms with E-state index in [0.717, 1.165) is 18.5 Å². The van der Waals surface area contributed by atoms with Crippen LogP contribution in [0.5, 0.6) is 0 Å². The number of hydrogen-bond acceptors (Lipinski definition) is 1. The van der Waals surface area contributed by atoms with E-state index in [1.807, 2.05) is 0 Å². The third kappa shape index (κ3) is 2.17. The Hall–Kier alpha value is -1.38. The molecule has 1 heterocycles. The zero-order valence-electron chi connectivity index (χ0n) is 8.45. The van der Waals surface area contributed by atoms with E-state index in [1.54, 1.807) is 17.0 Å². The van der Waals surface area contributed by atoms with E-state index in [0.29, 0.717) is 12.5 Å². The fourth-order valence-corrected chi connectivity index (χ4v) is 1.99. The van der Waals surface area contributed by atoms with Gasteiger partial charge < -0.3 is 4.90 Å². The van der Waals surface area contributed by atoms with Gasteiger partial charge in [-0.3, -0.25) is 4.79 Å². The first-order valence-corrected chi connectivity index (χ1v) is 5.03. The van der Waals surface area contributed by atoms with Crippen LogP contribution in [0.15, 0.2) is 24.3 Å². The Morgan fingerprint density at radius 1 is 1.40 bits per heavy atom. The third-order valence-corrected chi connectivity index (χ3v) is 2.88. The number of carbonyl (C=O) groups excluding carboxylic acids is 1. The fraction of sp³-hybridized carbons (Fsp3) is 0.333. The number of carbonyl (C=O) groups is 1. The molecule has 1 atom stereocenters. The lowest BCUT2D eigenvalue weighted by Gasteiger charge is -2.13. The number of benzene rings is 1. The molecule has 0 saturated carbocycles. The summed E-state index contributed by atoms with van der Waals surface area (Å²) in [6, 6.07) is 6.50. The quantitative estimate of drug-likeness (QED) is 0.688. The van der Waals surface area contributed by atoms with Crippen LogP contribution in [0.4, 0.5) is 4.39 Å². The second-order valence-electron chi connectivity index (χ2n) is 3.88. The van der Waals surface area contributed by atoms with Gasteiger partial charge in [-0.25, -0.2) is 4.39 Å². The summed E-state index contributed by atoms with van der Waals surface area (Å²) in [5.41, 5.74) is 1.10. The van der Waals surface area contributed by atoms with E-state index in [2.05, 4.69) is 6.92 Å². The van der Waals surface area contributed by atoms with Gasteiger partial charge >= 0.3 is 0 Å². The van der Waals surface area contributed by atoms with Crippen molar-refractivity contribution in [1.29, 1.82) is 0 Å². The van der Waals surface area contributed by atoms with Gasteiger partial charge in [0.15, 0.2) is 0 Å². The first-order chi connectivity index (χ1) is 7.16. The summed E-state index contributed by atoms with van der Waals surface area (Å²) in [4.78, 5) is 12.8. The lowest BCUT2D eigenvalue weighted by molar-refractivity contribution is -0.125. The molecule has 0 aromatic heterocycles. The van der Waals surface area contributed by atoms with Crippen molar-refractivity contribution in [2.24, 2.45) is 0 Å². The molecule has 1 amide bonds. The van der Waals surface area contributed by atoms with Gasteiger partial charge in [0.05, 0.1) is 0 Å². The molecule has 1 aliphatic rings. The van der Waals surface area contributed by atoms with Gasteiger partial charge in [-0.15, -0.1) is 0 Å². The Bertz CT molecular complexity index is 360. The molecule has 1 aliphatic heterocycles. The Morgan fingerprint density at radius 2 is 2.07 bits per heavy atom. The number of nitrogens with zero attached hydrogens (tertiary/aromatic N) is 1. The van der Waals surface area contributed by atoms with E-state index in [-0.39, 0.29) is 11.7 Å². The van der Waals surface area contributed by atoms with Gasteiger partial charge in [-0.1, -0.05) is 12.1 Å². The molecular weight excluding hydrogens is 193 g/mol. The molecule has 1 aromatic rings. The van der Waals surface area contributed by atoms with Crippen LogP contribution in [-0.2, 0) is 4.79 Å². The van der Waals surface area contributed by atoms with Crippen LogP contribution in [0.3, 0.4) is 0 Å². The van der Waals surface area contributed by atoms with Crippen LogP contribution in [0.25, 0.3) is 0 Å². The van der Waals surface area contributed by atoms with Crippen LogP contribution in [-0.4, -0.2) is 23.9 Å². The van der Waals surface area contributed by atoms with Crippen molar-refractivity contribution >= 4 is 5.91 Å². The maximum absolute atomic E-state index is 12.7. The number of rotatable bonds is 1. The Kier molecular flexibility index (Phi) is 2.71. The summed E-state index contributed by atoms with van der Waals surface area (Å²) in [6.45, 7) is 4.85. The number of amides is 1. The highest BCUT2D eigenvalue weighted by atomic mass is 19.1. The molecule has 1 fully saturated rings. The van der Waals surface area contributed by atoms with Crippen molar-refractivity contribution in [2.45, 2.75) is 12.3 Å². The summed E-state index contributed by atoms with van der Waals surface area (Å²) in [6.07, 6.45) is 0.937. The molecule has 15 heavy (non-hydrogen) atoms. The topological polar surface area (TPSA) is 20.3 Å². The van der Waals surface area contributed by atoms with Gasteiger partial charge in [0.25, 0.3) is 0 Å². The first kappa shape index (κ1) is 10.1. The first-order valence-electron chi connectivity index (χ1n) is 5.03. The van der Waals surface area contributed by atoms with Crippen molar-refractivity contribution in [3.05, 3.63) is 42.6 Å². The maximum atomic E-state index is 12.7. The number of likely N-dealkylation sites (tertiary alicyclic amines) is 1. The van der Waals surface area contributed by atoms with Crippen molar-refractivity contribution in [1.82, 2.24) is 4.90 Å². The minimum Gasteiger partial charge on any atom is -0.342 e. The zero-order valence-corrected chi connectivity index (χ0v) is 8.45. The second kappa shape index (κ2) is 4.01. The lowest BCUT2D eigenvalue weighted by Crippen LogP contribution is -2.25. The van der Waals surface area contributed by atoms with Crippen molar-refractivity contribution < 1.29 is 9.18 Å². The summed E-state index contributed by atoms with van der Waals surface area (Å²) < 4.78 is 12.7. The summed E-state index contributed by atoms with van der Waals surface area (Å²) in [7, 11) is 0. The third-order valence-electron chi connectivity index (χ3n) is 2.88. The van der Waals surface area contributed by atoms with Crippen LogP contribution in [0, 0.1) is 12.7 Å². The molecule has 3 heteroatoms. The molecule has 1 unspecified atom stereocenters. The van der Waals surface area contributed by atoms with E-state index in [1.165, 1.54) is 12.1 Å². The average molecular weight is 206 g/mol. The van der Waals surface area contributed by atoms with E-state index < -0.39 is 0 Å². The largest absolute Gasteiger partial charge is 0.342 e. The predicted octanol–water partition coefficient (Wildman–Crippen LogP) is 1.98. The normalized spacial score (nSPS) is 20.7. The average Bonchev–Trinajstić information content (AvgIpc) is 2.68. The Balaban J connectivity index is 2.07. The lowest BCUT2D eigenvalue weighted by atomic mass is 9.99.